The summed E-state index contributed by atoms with van der Waals surface area (Å²) >= 11 is 5.52. The van der Waals surface area contributed by atoms with Crippen LogP contribution in [0.5, 0.6) is 0 Å². The second kappa shape index (κ2) is 6.30. The molecule has 0 aliphatic carbocycles. The minimum absolute atomic E-state index is 0.280. The second-order valence-electron chi connectivity index (χ2n) is 1.90. The fraction of sp³-hybridized carbons (Fsp3) is 1.00. The van der Waals surface area contributed by atoms with E-state index >= 15 is 0 Å². The minimum Gasteiger partial charge on any atom is -0.310 e. The lowest BCUT2D eigenvalue weighted by atomic mass is 10.2. The van der Waals surface area contributed by atoms with Crippen molar-refractivity contribution in [2.45, 2.75) is 19.4 Å². The summed E-state index contributed by atoms with van der Waals surface area (Å²) in [6.07, 6.45) is 0.962. The van der Waals surface area contributed by atoms with Gasteiger partial charge >= 0.3 is 0 Å². The number of halogens is 2. The molecule has 0 saturated heterocycles. The van der Waals surface area contributed by atoms with Gasteiger partial charge in [-0.15, -0.1) is 11.6 Å². The summed E-state index contributed by atoms with van der Waals surface area (Å²) in [6.45, 7) is 2.14. The highest BCUT2D eigenvalue weighted by Gasteiger charge is 2.00. The van der Waals surface area contributed by atoms with Crippen molar-refractivity contribution in [3.8, 4) is 0 Å². The van der Waals surface area contributed by atoms with Crippen LogP contribution in [0.3, 0.4) is 0 Å². The first-order chi connectivity index (χ1) is 4.35. The van der Waals surface area contributed by atoms with Gasteiger partial charge in [0.2, 0.25) is 0 Å². The fourth-order valence-corrected chi connectivity index (χ4v) is 0.894. The van der Waals surface area contributed by atoms with Crippen LogP contribution < -0.4 is 5.32 Å². The first-order valence-corrected chi connectivity index (χ1v) is 3.73. The van der Waals surface area contributed by atoms with Gasteiger partial charge in [0.15, 0.2) is 0 Å². The topological polar surface area (TPSA) is 12.0 Å². The van der Waals surface area contributed by atoms with E-state index in [-0.39, 0.29) is 12.7 Å². The fourth-order valence-electron chi connectivity index (χ4n) is 0.567. The Morgan fingerprint density at radius 1 is 1.67 bits per heavy atom. The highest BCUT2D eigenvalue weighted by atomic mass is 35.5. The Kier molecular flexibility index (Phi) is 6.43. The highest BCUT2D eigenvalue weighted by Crippen LogP contribution is 1.92. The van der Waals surface area contributed by atoms with Crippen LogP contribution in [0, 0.1) is 0 Å². The lowest BCUT2D eigenvalue weighted by Crippen LogP contribution is -2.31. The van der Waals surface area contributed by atoms with Crippen molar-refractivity contribution in [3.05, 3.63) is 0 Å². The molecule has 3 heteroatoms. The van der Waals surface area contributed by atoms with Gasteiger partial charge in [-0.1, -0.05) is 6.92 Å². The summed E-state index contributed by atoms with van der Waals surface area (Å²) in [5, 5.41) is 2.96. The van der Waals surface area contributed by atoms with Crippen molar-refractivity contribution in [1.29, 1.82) is 0 Å². The van der Waals surface area contributed by atoms with E-state index in [1.165, 1.54) is 0 Å². The van der Waals surface area contributed by atoms with Crippen LogP contribution in [0.15, 0.2) is 0 Å². The van der Waals surface area contributed by atoms with Crippen LogP contribution in [-0.2, 0) is 0 Å². The smallest absolute Gasteiger partial charge is 0.102 e. The molecule has 0 saturated carbocycles. The van der Waals surface area contributed by atoms with Gasteiger partial charge in [0, 0.05) is 18.5 Å². The molecule has 1 N–H and O–H groups in total. The average molecular weight is 154 g/mol. The van der Waals surface area contributed by atoms with Gasteiger partial charge < -0.3 is 5.32 Å². The predicted octanol–water partition coefficient (Wildman–Crippen LogP) is 1.56. The van der Waals surface area contributed by atoms with E-state index in [0.717, 1.165) is 6.42 Å². The van der Waals surface area contributed by atoms with Crippen molar-refractivity contribution in [1.82, 2.24) is 5.32 Å². The van der Waals surface area contributed by atoms with E-state index in [0.29, 0.717) is 12.4 Å². The third kappa shape index (κ3) is 4.67. The third-order valence-electron chi connectivity index (χ3n) is 1.21. The van der Waals surface area contributed by atoms with Gasteiger partial charge in [-0.2, -0.15) is 0 Å². The molecule has 0 aliphatic rings. The monoisotopic (exact) mass is 153 g/mol. The van der Waals surface area contributed by atoms with E-state index in [1.54, 1.807) is 0 Å². The minimum atomic E-state index is -0.312. The molecule has 0 heterocycles. The maximum absolute atomic E-state index is 11.5. The molecule has 1 atom stereocenters. The van der Waals surface area contributed by atoms with Crippen molar-refractivity contribution >= 4 is 11.6 Å². The Morgan fingerprint density at radius 2 is 2.33 bits per heavy atom. The molecular weight excluding hydrogens is 141 g/mol. The Balaban J connectivity index is 3.09. The number of nitrogens with one attached hydrogen (secondary N) is 1. The summed E-state index contributed by atoms with van der Waals surface area (Å²) in [5.74, 6) is 0.566. The number of hydrogen-bond acceptors (Lipinski definition) is 1. The summed E-state index contributed by atoms with van der Waals surface area (Å²) in [7, 11) is 0. The van der Waals surface area contributed by atoms with E-state index < -0.39 is 0 Å². The van der Waals surface area contributed by atoms with Crippen LogP contribution in [0.4, 0.5) is 4.39 Å². The largest absolute Gasteiger partial charge is 0.310 e. The van der Waals surface area contributed by atoms with Crippen LogP contribution in [0.2, 0.25) is 0 Å². The van der Waals surface area contributed by atoms with Gasteiger partial charge in [0.25, 0.3) is 0 Å². The molecule has 0 bridgehead atoms. The SMILES string of the molecule is CCC(CCl)NCCF. The second-order valence-corrected chi connectivity index (χ2v) is 2.21. The van der Waals surface area contributed by atoms with Crippen LogP contribution in [-0.4, -0.2) is 25.1 Å². The number of alkyl halides is 2. The summed E-state index contributed by atoms with van der Waals surface area (Å²) in [6, 6.07) is 0.280. The van der Waals surface area contributed by atoms with Crippen LogP contribution in [0.1, 0.15) is 13.3 Å². The Bertz CT molecular complexity index is 57.0. The third-order valence-corrected chi connectivity index (χ3v) is 1.58. The molecule has 1 unspecified atom stereocenters. The van der Waals surface area contributed by atoms with Crippen molar-refractivity contribution in [3.63, 3.8) is 0 Å². The lowest BCUT2D eigenvalue weighted by molar-refractivity contribution is 0.437. The van der Waals surface area contributed by atoms with Gasteiger partial charge in [-0.05, 0) is 6.42 Å². The average Bonchev–Trinajstić information content (AvgIpc) is 1.91. The molecule has 0 amide bonds. The molecule has 56 valence electrons. The van der Waals surface area contributed by atoms with E-state index in [9.17, 15) is 4.39 Å². The van der Waals surface area contributed by atoms with Crippen LogP contribution in [0.25, 0.3) is 0 Å². The maximum atomic E-state index is 11.5. The number of rotatable bonds is 5. The van der Waals surface area contributed by atoms with Gasteiger partial charge in [0.05, 0.1) is 0 Å². The van der Waals surface area contributed by atoms with Crippen LogP contribution >= 0.6 is 11.6 Å². The van der Waals surface area contributed by atoms with Crippen molar-refractivity contribution in [2.24, 2.45) is 0 Å². The molecular formula is C6H13ClFN. The normalized spacial score (nSPS) is 13.7. The summed E-state index contributed by atoms with van der Waals surface area (Å²) in [4.78, 5) is 0. The zero-order chi connectivity index (χ0) is 7.11. The lowest BCUT2D eigenvalue weighted by Gasteiger charge is -2.10. The van der Waals surface area contributed by atoms with Crippen molar-refractivity contribution < 1.29 is 4.39 Å². The molecule has 9 heavy (non-hydrogen) atoms. The predicted molar refractivity (Wildman–Crippen MR) is 38.8 cm³/mol. The zero-order valence-corrected chi connectivity index (χ0v) is 6.42. The van der Waals surface area contributed by atoms with E-state index in [2.05, 4.69) is 5.32 Å². The molecule has 0 spiro atoms. The van der Waals surface area contributed by atoms with Gasteiger partial charge in [-0.25, -0.2) is 4.39 Å². The molecule has 0 aromatic heterocycles. The molecule has 0 aromatic carbocycles. The standard InChI is InChI=1S/C6H13ClFN/c1-2-6(5-7)9-4-3-8/h6,9H,2-5H2,1H3. The summed E-state index contributed by atoms with van der Waals surface area (Å²) < 4.78 is 11.5. The molecule has 0 rings (SSSR count). The van der Waals surface area contributed by atoms with Gasteiger partial charge in [-0.3, -0.25) is 0 Å². The van der Waals surface area contributed by atoms with E-state index in [1.807, 2.05) is 6.92 Å². The Labute approximate surface area is 60.6 Å². The molecule has 1 nitrogen and oxygen atoms in total. The van der Waals surface area contributed by atoms with Crippen molar-refractivity contribution in [2.75, 3.05) is 19.1 Å². The maximum Gasteiger partial charge on any atom is 0.102 e. The van der Waals surface area contributed by atoms with Gasteiger partial charge in [0.1, 0.15) is 6.67 Å². The Hall–Kier alpha value is 0.180. The summed E-state index contributed by atoms with van der Waals surface area (Å²) in [5.41, 5.74) is 0. The highest BCUT2D eigenvalue weighted by molar-refractivity contribution is 6.18. The molecule has 0 aliphatic heterocycles. The molecule has 0 radical (unpaired) electrons. The zero-order valence-electron chi connectivity index (χ0n) is 5.66. The molecule has 0 fully saturated rings. The van der Waals surface area contributed by atoms with E-state index in [4.69, 9.17) is 11.6 Å². The Morgan fingerprint density at radius 3 is 2.67 bits per heavy atom. The number of hydrogen-bond donors (Lipinski definition) is 1. The first-order valence-electron chi connectivity index (χ1n) is 3.20. The quantitative estimate of drug-likeness (QED) is 0.592. The molecule has 0 aromatic rings. The first kappa shape index (κ1) is 9.18.